The number of likely N-dealkylation sites (N-methyl/N-ethyl adjacent to an activating group) is 1. The number of nitrogens with zero attached hydrogens (tertiary/aromatic N) is 3. The molecule has 0 radical (unpaired) electrons. The molecule has 1 aromatic heterocycles. The van der Waals surface area contributed by atoms with Crippen LogP contribution in [0.25, 0.3) is 0 Å². The molecule has 1 amide bonds. The molecule has 0 spiro atoms. The molecule has 1 N–H and O–H groups in total. The zero-order valence-electron chi connectivity index (χ0n) is 13.4. The number of aromatic nitrogens is 2. The first-order valence-electron chi connectivity index (χ1n) is 7.57. The number of carbonyl (C=O) groups excluding carboxylic acids is 1. The summed E-state index contributed by atoms with van der Waals surface area (Å²) in [6.07, 6.45) is 4.22. The Kier molecular flexibility index (Phi) is 5.36. The topological polar surface area (TPSA) is 59.4 Å². The monoisotopic (exact) mass is 294 g/mol. The van der Waals surface area contributed by atoms with Crippen molar-refractivity contribution < 1.29 is 9.53 Å². The van der Waals surface area contributed by atoms with Gasteiger partial charge in [0.2, 0.25) is 5.91 Å². The van der Waals surface area contributed by atoms with Crippen molar-refractivity contribution in [3.63, 3.8) is 0 Å². The van der Waals surface area contributed by atoms with Crippen LogP contribution in [-0.2, 0) is 16.6 Å². The number of hydrogen-bond donors (Lipinski definition) is 1. The molecule has 0 saturated carbocycles. The van der Waals surface area contributed by atoms with E-state index in [0.29, 0.717) is 19.1 Å². The molecule has 0 aromatic carbocycles. The van der Waals surface area contributed by atoms with Gasteiger partial charge in [0, 0.05) is 45.9 Å². The van der Waals surface area contributed by atoms with Crippen molar-refractivity contribution in [2.24, 2.45) is 7.05 Å². The molecule has 2 heterocycles. The minimum absolute atomic E-state index is 0.0182. The van der Waals surface area contributed by atoms with Gasteiger partial charge in [-0.3, -0.25) is 9.48 Å². The predicted octanol–water partition coefficient (Wildman–Crippen LogP) is 1.10. The van der Waals surface area contributed by atoms with Crippen LogP contribution in [0.3, 0.4) is 0 Å². The Morgan fingerprint density at radius 2 is 2.29 bits per heavy atom. The fraction of sp³-hybridized carbons (Fsp3) is 0.733. The predicted molar refractivity (Wildman–Crippen MR) is 80.8 cm³/mol. The van der Waals surface area contributed by atoms with Gasteiger partial charge in [-0.05, 0) is 18.9 Å². The van der Waals surface area contributed by atoms with Gasteiger partial charge in [-0.15, -0.1) is 0 Å². The lowest BCUT2D eigenvalue weighted by atomic mass is 9.92. The van der Waals surface area contributed by atoms with E-state index in [1.54, 1.807) is 13.3 Å². The summed E-state index contributed by atoms with van der Waals surface area (Å²) in [5.74, 6) is 0.194. The normalized spacial score (nSPS) is 24.4. The number of amides is 1. The maximum Gasteiger partial charge on any atom is 0.222 e. The first-order valence-corrected chi connectivity index (χ1v) is 7.57. The van der Waals surface area contributed by atoms with Crippen LogP contribution in [-0.4, -0.2) is 53.4 Å². The number of hydrogen-bond acceptors (Lipinski definition) is 4. The standard InChI is InChI=1S/C15H26N4O2/c1-5-11(10-21-4)17-12-6-7-14(20)18(2)15(12)13-8-9-16-19(13)3/h8-9,11-12,15,17H,5-7,10H2,1-4H3/t11-,12+,15+/m0/s1. The molecular formula is C15H26N4O2. The summed E-state index contributed by atoms with van der Waals surface area (Å²) in [6, 6.07) is 2.54. The highest BCUT2D eigenvalue weighted by Crippen LogP contribution is 2.30. The van der Waals surface area contributed by atoms with Crippen LogP contribution in [0.15, 0.2) is 12.3 Å². The van der Waals surface area contributed by atoms with E-state index in [-0.39, 0.29) is 18.0 Å². The Morgan fingerprint density at radius 1 is 1.52 bits per heavy atom. The van der Waals surface area contributed by atoms with E-state index in [2.05, 4.69) is 17.3 Å². The van der Waals surface area contributed by atoms with Crippen molar-refractivity contribution in [2.45, 2.75) is 44.3 Å². The summed E-state index contributed by atoms with van der Waals surface area (Å²) in [5.41, 5.74) is 1.07. The van der Waals surface area contributed by atoms with E-state index in [0.717, 1.165) is 18.5 Å². The molecule has 3 atom stereocenters. The summed E-state index contributed by atoms with van der Waals surface area (Å²) in [7, 11) is 5.52. The number of aryl methyl sites for hydroxylation is 1. The third-order valence-electron chi connectivity index (χ3n) is 4.33. The van der Waals surface area contributed by atoms with E-state index >= 15 is 0 Å². The highest BCUT2D eigenvalue weighted by atomic mass is 16.5. The highest BCUT2D eigenvalue weighted by Gasteiger charge is 2.36. The van der Waals surface area contributed by atoms with Gasteiger partial charge in [-0.1, -0.05) is 6.92 Å². The Bertz CT molecular complexity index is 474. The third kappa shape index (κ3) is 3.44. The quantitative estimate of drug-likeness (QED) is 0.853. The first kappa shape index (κ1) is 16.0. The second-order valence-corrected chi connectivity index (χ2v) is 5.70. The molecule has 1 aliphatic heterocycles. The van der Waals surface area contributed by atoms with Crippen LogP contribution in [0.2, 0.25) is 0 Å². The van der Waals surface area contributed by atoms with Crippen LogP contribution < -0.4 is 5.32 Å². The minimum atomic E-state index is 0.0182. The molecule has 118 valence electrons. The van der Waals surface area contributed by atoms with Crippen molar-refractivity contribution in [1.82, 2.24) is 20.0 Å². The van der Waals surface area contributed by atoms with Crippen LogP contribution in [0.5, 0.6) is 0 Å². The van der Waals surface area contributed by atoms with Gasteiger partial charge in [0.15, 0.2) is 0 Å². The summed E-state index contributed by atoms with van der Waals surface area (Å²) >= 11 is 0. The molecule has 6 nitrogen and oxygen atoms in total. The van der Waals surface area contributed by atoms with E-state index < -0.39 is 0 Å². The maximum atomic E-state index is 12.1. The third-order valence-corrected chi connectivity index (χ3v) is 4.33. The lowest BCUT2D eigenvalue weighted by Gasteiger charge is -2.41. The molecule has 0 aliphatic carbocycles. The van der Waals surface area contributed by atoms with Gasteiger partial charge in [-0.25, -0.2) is 0 Å². The molecule has 1 saturated heterocycles. The smallest absolute Gasteiger partial charge is 0.222 e. The zero-order chi connectivity index (χ0) is 15.4. The summed E-state index contributed by atoms with van der Waals surface area (Å²) in [4.78, 5) is 13.9. The van der Waals surface area contributed by atoms with Crippen molar-refractivity contribution in [3.05, 3.63) is 18.0 Å². The van der Waals surface area contributed by atoms with Crippen LogP contribution >= 0.6 is 0 Å². The van der Waals surface area contributed by atoms with E-state index in [1.807, 2.05) is 29.7 Å². The molecule has 1 fully saturated rings. The highest BCUT2D eigenvalue weighted by molar-refractivity contribution is 5.77. The molecule has 1 aromatic rings. The van der Waals surface area contributed by atoms with Gasteiger partial charge >= 0.3 is 0 Å². The minimum Gasteiger partial charge on any atom is -0.383 e. The van der Waals surface area contributed by atoms with Gasteiger partial charge < -0.3 is 15.0 Å². The van der Waals surface area contributed by atoms with Crippen molar-refractivity contribution in [2.75, 3.05) is 20.8 Å². The van der Waals surface area contributed by atoms with Crippen LogP contribution in [0.1, 0.15) is 37.9 Å². The number of piperidine rings is 1. The van der Waals surface area contributed by atoms with Gasteiger partial charge in [0.05, 0.1) is 18.3 Å². The van der Waals surface area contributed by atoms with Crippen LogP contribution in [0.4, 0.5) is 0 Å². The van der Waals surface area contributed by atoms with Crippen molar-refractivity contribution in [1.29, 1.82) is 0 Å². The number of carbonyl (C=O) groups is 1. The number of rotatable bonds is 6. The molecule has 6 heteroatoms. The summed E-state index contributed by atoms with van der Waals surface area (Å²) < 4.78 is 7.13. The fourth-order valence-corrected chi connectivity index (χ4v) is 3.08. The van der Waals surface area contributed by atoms with Gasteiger partial charge in [0.25, 0.3) is 0 Å². The SMILES string of the molecule is CC[C@@H](COC)N[C@@H]1CCC(=O)N(C)[C@H]1c1ccnn1C. The lowest BCUT2D eigenvalue weighted by Crippen LogP contribution is -2.53. The van der Waals surface area contributed by atoms with Crippen LogP contribution in [0, 0.1) is 0 Å². The first-order chi connectivity index (χ1) is 10.1. The summed E-state index contributed by atoms with van der Waals surface area (Å²) in [5, 5.41) is 7.91. The Labute approximate surface area is 126 Å². The Hall–Kier alpha value is -1.40. The number of nitrogens with one attached hydrogen (secondary N) is 1. The number of likely N-dealkylation sites (tertiary alicyclic amines) is 1. The van der Waals surface area contributed by atoms with E-state index in [9.17, 15) is 4.79 Å². The number of methoxy groups -OCH3 is 1. The van der Waals surface area contributed by atoms with E-state index in [1.165, 1.54) is 0 Å². The molecular weight excluding hydrogens is 268 g/mol. The molecule has 2 rings (SSSR count). The average molecular weight is 294 g/mol. The summed E-state index contributed by atoms with van der Waals surface area (Å²) in [6.45, 7) is 2.83. The van der Waals surface area contributed by atoms with Crippen molar-refractivity contribution in [3.8, 4) is 0 Å². The van der Waals surface area contributed by atoms with Gasteiger partial charge in [0.1, 0.15) is 0 Å². The molecule has 0 unspecified atom stereocenters. The Balaban J connectivity index is 2.21. The van der Waals surface area contributed by atoms with E-state index in [4.69, 9.17) is 4.74 Å². The molecule has 0 bridgehead atoms. The van der Waals surface area contributed by atoms with Gasteiger partial charge in [-0.2, -0.15) is 5.10 Å². The number of ether oxygens (including phenoxy) is 1. The lowest BCUT2D eigenvalue weighted by molar-refractivity contribution is -0.136. The Morgan fingerprint density at radius 3 is 2.86 bits per heavy atom. The largest absolute Gasteiger partial charge is 0.383 e. The fourth-order valence-electron chi connectivity index (χ4n) is 3.08. The zero-order valence-corrected chi connectivity index (χ0v) is 13.4. The molecule has 21 heavy (non-hydrogen) atoms. The second kappa shape index (κ2) is 7.04. The van der Waals surface area contributed by atoms with Crippen molar-refractivity contribution >= 4 is 5.91 Å². The average Bonchev–Trinajstić information content (AvgIpc) is 2.88. The second-order valence-electron chi connectivity index (χ2n) is 5.70. The molecule has 1 aliphatic rings. The maximum absolute atomic E-state index is 12.1.